The van der Waals surface area contributed by atoms with Gasteiger partial charge in [-0.05, 0) is 30.3 Å². The second-order valence-electron chi connectivity index (χ2n) is 4.19. The van der Waals surface area contributed by atoms with Gasteiger partial charge in [0, 0.05) is 10.4 Å². The molecule has 0 aliphatic rings. The average molecular weight is 268 g/mol. The molecule has 0 amide bonds. The third-order valence-electron chi connectivity index (χ3n) is 2.98. The predicted molar refractivity (Wildman–Crippen MR) is 75.4 cm³/mol. The zero-order valence-corrected chi connectivity index (χ0v) is 10.8. The second kappa shape index (κ2) is 4.75. The first-order valence-corrected chi connectivity index (χ1v) is 6.27. The van der Waals surface area contributed by atoms with Gasteiger partial charge in [-0.25, -0.2) is 4.68 Å². The zero-order chi connectivity index (χ0) is 13.2. The topological polar surface area (TPSA) is 41.6 Å². The van der Waals surface area contributed by atoms with E-state index < -0.39 is 0 Å². The summed E-state index contributed by atoms with van der Waals surface area (Å²) in [5.74, 6) is 0. The predicted octanol–water partition coefficient (Wildman–Crippen LogP) is 3.74. The Bertz CT molecular complexity index is 769. The van der Waals surface area contributed by atoms with Gasteiger partial charge in [-0.2, -0.15) is 10.4 Å². The lowest BCUT2D eigenvalue weighted by molar-refractivity contribution is 0.844. The fraction of sp³-hybridized carbons (Fsp3) is 0.0667. The van der Waals surface area contributed by atoms with Gasteiger partial charge in [0.15, 0.2) is 0 Å². The molecule has 0 fully saturated rings. The Morgan fingerprint density at radius 2 is 1.95 bits per heavy atom. The molecule has 0 atom stereocenters. The van der Waals surface area contributed by atoms with Crippen LogP contribution in [0.5, 0.6) is 0 Å². The van der Waals surface area contributed by atoms with Gasteiger partial charge in [0.05, 0.1) is 29.4 Å². The first-order valence-electron chi connectivity index (χ1n) is 5.89. The van der Waals surface area contributed by atoms with Crippen molar-refractivity contribution in [2.75, 3.05) is 0 Å². The highest BCUT2D eigenvalue weighted by Gasteiger charge is 2.12. The molecule has 0 N–H and O–H groups in total. The molecule has 1 aromatic heterocycles. The lowest BCUT2D eigenvalue weighted by Gasteiger charge is -2.04. The van der Waals surface area contributed by atoms with E-state index in [0.29, 0.717) is 11.4 Å². The monoisotopic (exact) mass is 267 g/mol. The molecular formula is C15H10ClN3. The van der Waals surface area contributed by atoms with Crippen LogP contribution in [0.1, 0.15) is 5.69 Å². The van der Waals surface area contributed by atoms with Gasteiger partial charge in [-0.1, -0.05) is 29.8 Å². The molecular weight excluding hydrogens is 258 g/mol. The maximum absolute atomic E-state index is 9.01. The van der Waals surface area contributed by atoms with E-state index in [4.69, 9.17) is 16.9 Å². The van der Waals surface area contributed by atoms with E-state index >= 15 is 0 Å². The van der Waals surface area contributed by atoms with E-state index in [0.717, 1.165) is 22.3 Å². The first-order chi connectivity index (χ1) is 9.29. The molecule has 0 saturated heterocycles. The van der Waals surface area contributed by atoms with Crippen LogP contribution < -0.4 is 0 Å². The number of aromatic nitrogens is 2. The molecule has 0 radical (unpaired) electrons. The van der Waals surface area contributed by atoms with Crippen LogP contribution in [0.4, 0.5) is 0 Å². The van der Waals surface area contributed by atoms with E-state index in [-0.39, 0.29) is 0 Å². The SMILES string of the molecule is N#CCc1c2ccc(Cl)cc2nn1-c1ccccc1. The fourth-order valence-electron chi connectivity index (χ4n) is 2.14. The Labute approximate surface area is 115 Å². The Hall–Kier alpha value is -2.31. The molecule has 0 bridgehead atoms. The molecule has 1 heterocycles. The molecule has 0 unspecified atom stereocenters. The van der Waals surface area contributed by atoms with E-state index in [9.17, 15) is 0 Å². The molecule has 3 aromatic rings. The van der Waals surface area contributed by atoms with Crippen LogP contribution in [0.15, 0.2) is 48.5 Å². The third kappa shape index (κ3) is 2.07. The number of hydrogen-bond donors (Lipinski definition) is 0. The van der Waals surface area contributed by atoms with Gasteiger partial charge < -0.3 is 0 Å². The summed E-state index contributed by atoms with van der Waals surface area (Å²) in [7, 11) is 0. The van der Waals surface area contributed by atoms with E-state index in [1.54, 1.807) is 0 Å². The van der Waals surface area contributed by atoms with Crippen molar-refractivity contribution in [2.45, 2.75) is 6.42 Å². The van der Waals surface area contributed by atoms with Gasteiger partial charge >= 0.3 is 0 Å². The Morgan fingerprint density at radius 3 is 2.68 bits per heavy atom. The minimum Gasteiger partial charge on any atom is -0.236 e. The van der Waals surface area contributed by atoms with Crippen molar-refractivity contribution < 1.29 is 0 Å². The van der Waals surface area contributed by atoms with Crippen LogP contribution in [0.25, 0.3) is 16.6 Å². The third-order valence-corrected chi connectivity index (χ3v) is 3.22. The summed E-state index contributed by atoms with van der Waals surface area (Å²) < 4.78 is 1.81. The Kier molecular flexibility index (Phi) is 2.94. The van der Waals surface area contributed by atoms with Crippen LogP contribution in [0.2, 0.25) is 5.02 Å². The smallest absolute Gasteiger partial charge is 0.0945 e. The van der Waals surface area contributed by atoms with Crippen LogP contribution in [0, 0.1) is 11.3 Å². The summed E-state index contributed by atoms with van der Waals surface area (Å²) in [4.78, 5) is 0. The highest BCUT2D eigenvalue weighted by molar-refractivity contribution is 6.31. The van der Waals surface area contributed by atoms with Crippen molar-refractivity contribution in [3.05, 3.63) is 59.2 Å². The number of nitrogens with zero attached hydrogens (tertiary/aromatic N) is 3. The van der Waals surface area contributed by atoms with Crippen LogP contribution >= 0.6 is 11.6 Å². The number of halogens is 1. The average Bonchev–Trinajstić information content (AvgIpc) is 2.78. The van der Waals surface area contributed by atoms with Crippen molar-refractivity contribution in [3.8, 4) is 11.8 Å². The summed E-state index contributed by atoms with van der Waals surface area (Å²) in [6.45, 7) is 0. The van der Waals surface area contributed by atoms with E-state index in [2.05, 4.69) is 11.2 Å². The molecule has 19 heavy (non-hydrogen) atoms. The van der Waals surface area contributed by atoms with Crippen molar-refractivity contribution >= 4 is 22.5 Å². The number of nitriles is 1. The Balaban J connectivity index is 2.29. The maximum atomic E-state index is 9.01. The molecule has 4 heteroatoms. The molecule has 0 aliphatic carbocycles. The lowest BCUT2D eigenvalue weighted by Crippen LogP contribution is -2.01. The van der Waals surface area contributed by atoms with Crippen LogP contribution in [0.3, 0.4) is 0 Å². The summed E-state index contributed by atoms with van der Waals surface area (Å²) in [6.07, 6.45) is 0.313. The number of rotatable bonds is 2. The molecule has 3 nitrogen and oxygen atoms in total. The number of benzene rings is 2. The summed E-state index contributed by atoms with van der Waals surface area (Å²) >= 11 is 5.99. The van der Waals surface area contributed by atoms with Gasteiger partial charge in [0.1, 0.15) is 0 Å². The van der Waals surface area contributed by atoms with Gasteiger partial charge in [0.2, 0.25) is 0 Å². The van der Waals surface area contributed by atoms with Gasteiger partial charge in [-0.3, -0.25) is 0 Å². The van der Waals surface area contributed by atoms with Crippen LogP contribution in [-0.2, 0) is 6.42 Å². The van der Waals surface area contributed by atoms with Crippen molar-refractivity contribution in [1.29, 1.82) is 5.26 Å². The number of hydrogen-bond acceptors (Lipinski definition) is 2. The van der Waals surface area contributed by atoms with Gasteiger partial charge in [-0.15, -0.1) is 0 Å². The molecule has 92 valence electrons. The summed E-state index contributed by atoms with van der Waals surface area (Å²) in [6, 6.07) is 17.5. The first kappa shape index (κ1) is 11.8. The minimum atomic E-state index is 0.313. The highest BCUT2D eigenvalue weighted by atomic mass is 35.5. The molecule has 0 saturated carbocycles. The number of para-hydroxylation sites is 1. The standard InChI is InChI=1S/C15H10ClN3/c16-11-6-7-13-14(10-11)18-19(15(13)8-9-17)12-4-2-1-3-5-12/h1-7,10H,8H2. The molecule has 3 rings (SSSR count). The van der Waals surface area contributed by atoms with E-state index in [1.165, 1.54) is 0 Å². The summed E-state index contributed by atoms with van der Waals surface area (Å²) in [5, 5.41) is 15.2. The quantitative estimate of drug-likeness (QED) is 0.710. The summed E-state index contributed by atoms with van der Waals surface area (Å²) in [5.41, 5.74) is 2.64. The molecule has 0 aliphatic heterocycles. The fourth-order valence-corrected chi connectivity index (χ4v) is 2.31. The van der Waals surface area contributed by atoms with Gasteiger partial charge in [0.25, 0.3) is 0 Å². The highest BCUT2D eigenvalue weighted by Crippen LogP contribution is 2.24. The van der Waals surface area contributed by atoms with Crippen molar-refractivity contribution in [3.63, 3.8) is 0 Å². The zero-order valence-electron chi connectivity index (χ0n) is 10.0. The number of fused-ring (bicyclic) bond motifs is 1. The Morgan fingerprint density at radius 1 is 1.16 bits per heavy atom. The minimum absolute atomic E-state index is 0.313. The second-order valence-corrected chi connectivity index (χ2v) is 4.63. The largest absolute Gasteiger partial charge is 0.236 e. The normalized spacial score (nSPS) is 10.5. The van der Waals surface area contributed by atoms with Crippen LogP contribution in [-0.4, -0.2) is 9.78 Å². The molecule has 2 aromatic carbocycles. The lowest BCUT2D eigenvalue weighted by atomic mass is 10.1. The van der Waals surface area contributed by atoms with Crippen molar-refractivity contribution in [2.24, 2.45) is 0 Å². The molecule has 0 spiro atoms. The maximum Gasteiger partial charge on any atom is 0.0945 e. The van der Waals surface area contributed by atoms with Crippen molar-refractivity contribution in [1.82, 2.24) is 9.78 Å². The van der Waals surface area contributed by atoms with E-state index in [1.807, 2.05) is 53.2 Å².